The minimum Gasteiger partial charge on any atom is -0.492 e. The van der Waals surface area contributed by atoms with Gasteiger partial charge in [0.2, 0.25) is 5.78 Å². The Morgan fingerprint density at radius 2 is 1.94 bits per heavy atom. The van der Waals surface area contributed by atoms with Crippen LogP contribution in [0, 0.1) is 19.7 Å². The van der Waals surface area contributed by atoms with Crippen molar-refractivity contribution in [2.45, 2.75) is 51.2 Å². The molecule has 0 bridgehead atoms. The molecule has 0 saturated heterocycles. The minimum atomic E-state index is -0.852. The number of fused-ring (bicyclic) bond motifs is 2. The number of rotatable bonds is 6. The number of carboxylic acids is 1. The first-order chi connectivity index (χ1) is 17.3. The van der Waals surface area contributed by atoms with E-state index in [4.69, 9.17) is 19.3 Å². The summed E-state index contributed by atoms with van der Waals surface area (Å²) in [6, 6.07) is 13.1. The van der Waals surface area contributed by atoms with Crippen LogP contribution in [-0.2, 0) is 11.4 Å². The van der Waals surface area contributed by atoms with Gasteiger partial charge in [0.15, 0.2) is 17.2 Å². The van der Waals surface area contributed by atoms with Crippen molar-refractivity contribution in [2.24, 2.45) is 0 Å². The van der Waals surface area contributed by atoms with Crippen molar-refractivity contribution in [3.8, 4) is 28.4 Å². The minimum absolute atomic E-state index is 0.0286. The summed E-state index contributed by atoms with van der Waals surface area (Å²) in [5.74, 6) is -0.233. The van der Waals surface area contributed by atoms with Gasteiger partial charge in [0.05, 0.1) is 18.6 Å². The van der Waals surface area contributed by atoms with Crippen LogP contribution in [-0.4, -0.2) is 29.1 Å². The molecule has 6 rings (SSSR count). The molecule has 3 aliphatic rings. The van der Waals surface area contributed by atoms with Crippen LogP contribution in [0.1, 0.15) is 57.8 Å². The molecule has 1 spiro atoms. The van der Waals surface area contributed by atoms with Crippen molar-refractivity contribution < 1.29 is 33.3 Å². The highest BCUT2D eigenvalue weighted by Crippen LogP contribution is 2.53. The summed E-state index contributed by atoms with van der Waals surface area (Å²) in [4.78, 5) is 24.0. The maximum Gasteiger partial charge on any atom is 0.304 e. The lowest BCUT2D eigenvalue weighted by Gasteiger charge is -2.16. The predicted octanol–water partition coefficient (Wildman–Crippen LogP) is 5.75. The molecule has 0 radical (unpaired) electrons. The van der Waals surface area contributed by atoms with Gasteiger partial charge in [-0.2, -0.15) is 0 Å². The summed E-state index contributed by atoms with van der Waals surface area (Å²) in [7, 11) is 0. The smallest absolute Gasteiger partial charge is 0.304 e. The largest absolute Gasteiger partial charge is 0.492 e. The van der Waals surface area contributed by atoms with Crippen molar-refractivity contribution in [3.05, 3.63) is 76.1 Å². The monoisotopic (exact) mass is 488 g/mol. The number of carbonyl (C=O) groups is 2. The molecule has 3 aromatic rings. The average Bonchev–Trinajstić information content (AvgIpc) is 3.45. The van der Waals surface area contributed by atoms with E-state index < -0.39 is 17.4 Å². The van der Waals surface area contributed by atoms with Crippen molar-refractivity contribution >= 4 is 11.8 Å². The van der Waals surface area contributed by atoms with E-state index in [1.807, 2.05) is 43.3 Å². The summed E-state index contributed by atoms with van der Waals surface area (Å²) in [6.07, 6.45) is 1.30. The van der Waals surface area contributed by atoms with Gasteiger partial charge in [-0.05, 0) is 66.6 Å². The average molecular weight is 489 g/mol. The van der Waals surface area contributed by atoms with Crippen LogP contribution < -0.4 is 14.2 Å². The highest BCUT2D eigenvalue weighted by Gasteiger charge is 2.59. The fraction of sp³-hybridized carbons (Fsp3) is 0.310. The molecule has 0 amide bonds. The number of hydrogen-bond donors (Lipinski definition) is 1. The van der Waals surface area contributed by atoms with Crippen LogP contribution in [0.4, 0.5) is 4.39 Å². The molecule has 0 aromatic heterocycles. The number of ether oxygens (including phenoxy) is 3. The van der Waals surface area contributed by atoms with Gasteiger partial charge in [-0.25, -0.2) is 4.39 Å². The molecule has 36 heavy (non-hydrogen) atoms. The van der Waals surface area contributed by atoms with Gasteiger partial charge in [-0.1, -0.05) is 24.3 Å². The zero-order valence-electron chi connectivity index (χ0n) is 20.0. The van der Waals surface area contributed by atoms with Crippen molar-refractivity contribution in [2.75, 3.05) is 6.61 Å². The van der Waals surface area contributed by atoms with Crippen LogP contribution in [0.25, 0.3) is 11.1 Å². The number of benzene rings is 3. The van der Waals surface area contributed by atoms with Gasteiger partial charge in [-0.15, -0.1) is 0 Å². The van der Waals surface area contributed by atoms with Crippen LogP contribution >= 0.6 is 0 Å². The second-order valence-electron chi connectivity index (χ2n) is 9.86. The Morgan fingerprint density at radius 1 is 1.14 bits per heavy atom. The summed E-state index contributed by atoms with van der Waals surface area (Å²) in [6.45, 7) is 4.20. The standard InChI is InChI=1S/C29H25FO6/c1-15-24(16(2)26(30)27-25(15)28(33)29(36-27)8-9-29)18-5-3-4-17(10-18)13-34-20-6-7-21-19(11-23(31)32)14-35-22(21)12-20/h3-7,10,12,19H,8-9,11,13-14H2,1-2H3,(H,31,32)/t19-/m1/s1. The highest BCUT2D eigenvalue weighted by molar-refractivity contribution is 6.11. The molecule has 0 unspecified atom stereocenters. The van der Waals surface area contributed by atoms with Gasteiger partial charge in [0.1, 0.15) is 18.1 Å². The zero-order valence-corrected chi connectivity index (χ0v) is 20.0. The van der Waals surface area contributed by atoms with Crippen LogP contribution in [0.15, 0.2) is 42.5 Å². The van der Waals surface area contributed by atoms with Crippen molar-refractivity contribution in [3.63, 3.8) is 0 Å². The predicted molar refractivity (Wildman–Crippen MR) is 129 cm³/mol. The van der Waals surface area contributed by atoms with Gasteiger partial charge in [-0.3, -0.25) is 9.59 Å². The Bertz CT molecular complexity index is 1440. The topological polar surface area (TPSA) is 82.1 Å². The van der Waals surface area contributed by atoms with E-state index >= 15 is 4.39 Å². The Balaban J connectivity index is 1.25. The third-order valence-corrected chi connectivity index (χ3v) is 7.43. The molecule has 2 heterocycles. The second kappa shape index (κ2) is 8.08. The molecule has 3 aromatic carbocycles. The quantitative estimate of drug-likeness (QED) is 0.476. The molecule has 1 N–H and O–H groups in total. The lowest BCUT2D eigenvalue weighted by molar-refractivity contribution is -0.137. The summed E-state index contributed by atoms with van der Waals surface area (Å²) >= 11 is 0. The summed E-state index contributed by atoms with van der Waals surface area (Å²) < 4.78 is 32.7. The molecule has 184 valence electrons. The van der Waals surface area contributed by atoms with Crippen LogP contribution in [0.3, 0.4) is 0 Å². The van der Waals surface area contributed by atoms with E-state index in [-0.39, 0.29) is 30.5 Å². The van der Waals surface area contributed by atoms with Gasteiger partial charge >= 0.3 is 5.97 Å². The van der Waals surface area contributed by atoms with E-state index in [9.17, 15) is 9.59 Å². The fourth-order valence-corrected chi connectivity index (χ4v) is 5.39. The number of carboxylic acid groups (broad SMARTS) is 1. The third kappa shape index (κ3) is 3.53. The lowest BCUT2D eigenvalue weighted by Crippen LogP contribution is -2.22. The number of aliphatic carboxylic acids is 1. The van der Waals surface area contributed by atoms with Gasteiger partial charge < -0.3 is 19.3 Å². The van der Waals surface area contributed by atoms with Gasteiger partial charge in [0, 0.05) is 17.5 Å². The first-order valence-corrected chi connectivity index (χ1v) is 12.0. The molecule has 1 fully saturated rings. The summed E-state index contributed by atoms with van der Waals surface area (Å²) in [5.41, 5.74) is 4.00. The molecule has 1 atom stereocenters. The van der Waals surface area contributed by atoms with E-state index in [1.54, 1.807) is 13.0 Å². The summed E-state index contributed by atoms with van der Waals surface area (Å²) in [5, 5.41) is 9.08. The number of carbonyl (C=O) groups excluding carboxylic acids is 1. The number of Topliss-reactive ketones (excluding diaryl/α,β-unsaturated/α-hetero) is 1. The Morgan fingerprint density at radius 3 is 2.69 bits per heavy atom. The third-order valence-electron chi connectivity index (χ3n) is 7.43. The van der Waals surface area contributed by atoms with E-state index in [1.165, 1.54) is 0 Å². The Kier molecular flexibility index (Phi) is 5.07. The first kappa shape index (κ1) is 22.6. The Labute approximate surface area is 207 Å². The molecular formula is C29H25FO6. The highest BCUT2D eigenvalue weighted by atomic mass is 19.1. The van der Waals surface area contributed by atoms with E-state index in [2.05, 4.69) is 0 Å². The molecule has 1 saturated carbocycles. The number of halogens is 1. The molecule has 2 aliphatic heterocycles. The first-order valence-electron chi connectivity index (χ1n) is 12.0. The van der Waals surface area contributed by atoms with Crippen LogP contribution in [0.2, 0.25) is 0 Å². The van der Waals surface area contributed by atoms with Gasteiger partial charge in [0.25, 0.3) is 0 Å². The molecular weight excluding hydrogens is 463 g/mol. The zero-order chi connectivity index (χ0) is 25.2. The number of ketones is 1. The normalized spacial score (nSPS) is 18.4. The van der Waals surface area contributed by atoms with E-state index in [0.29, 0.717) is 47.6 Å². The fourth-order valence-electron chi connectivity index (χ4n) is 5.39. The maximum atomic E-state index is 15.3. The van der Waals surface area contributed by atoms with E-state index in [0.717, 1.165) is 22.3 Å². The molecule has 7 heteroatoms. The lowest BCUT2D eigenvalue weighted by atomic mass is 9.89. The molecule has 1 aliphatic carbocycles. The molecule has 6 nitrogen and oxygen atoms in total. The van der Waals surface area contributed by atoms with Crippen molar-refractivity contribution in [1.29, 1.82) is 0 Å². The van der Waals surface area contributed by atoms with Crippen molar-refractivity contribution in [1.82, 2.24) is 0 Å². The van der Waals surface area contributed by atoms with Crippen LogP contribution in [0.5, 0.6) is 17.2 Å². The SMILES string of the molecule is Cc1c(F)c2c(c(C)c1-c1cccc(COc3ccc4c(c3)OC[C@H]4CC(=O)O)c1)C(=O)C1(CC1)O2. The Hall–Kier alpha value is -3.87. The maximum absolute atomic E-state index is 15.3. The second-order valence-corrected chi connectivity index (χ2v) is 9.86. The number of hydrogen-bond acceptors (Lipinski definition) is 5.